The minimum absolute atomic E-state index is 0.361. The normalized spacial score (nSPS) is 14.4. The summed E-state index contributed by atoms with van der Waals surface area (Å²) < 4.78 is 0. The highest BCUT2D eigenvalue weighted by Gasteiger charge is 2.22. The van der Waals surface area contributed by atoms with Gasteiger partial charge in [0.2, 0.25) is 5.91 Å². The lowest BCUT2D eigenvalue weighted by Gasteiger charge is -2.21. The van der Waals surface area contributed by atoms with Gasteiger partial charge >= 0.3 is 0 Å². The van der Waals surface area contributed by atoms with E-state index in [1.165, 1.54) is 89.9 Å². The Balaban J connectivity index is 3.86. The van der Waals surface area contributed by atoms with E-state index >= 15 is 0 Å². The standard InChI is InChI=1S/C29H57NO4/c1-3-5-7-9-11-13-14-15-16-18-19-21-23-27(32)26(25-31)30-29(34)28(33)24-22-20-17-12-10-8-6-4-2/h21,23,26-28,31-33H,3-20,22,24-25H2,1-2H3,(H,30,34)/b23-21+. The lowest BCUT2D eigenvalue weighted by molar-refractivity contribution is -0.131. The molecule has 0 radical (unpaired) electrons. The summed E-state index contributed by atoms with van der Waals surface area (Å²) in [6.45, 7) is 4.10. The van der Waals surface area contributed by atoms with E-state index in [0.717, 1.165) is 32.1 Å². The number of aliphatic hydroxyl groups excluding tert-OH is 3. The maximum atomic E-state index is 12.2. The van der Waals surface area contributed by atoms with Crippen molar-refractivity contribution >= 4 is 5.91 Å². The van der Waals surface area contributed by atoms with Crippen molar-refractivity contribution < 1.29 is 20.1 Å². The van der Waals surface area contributed by atoms with E-state index in [9.17, 15) is 20.1 Å². The molecule has 0 aromatic rings. The second-order valence-corrected chi connectivity index (χ2v) is 9.97. The lowest BCUT2D eigenvalue weighted by atomic mass is 10.0. The van der Waals surface area contributed by atoms with Crippen LogP contribution in [0.1, 0.15) is 142 Å². The molecule has 0 aliphatic carbocycles. The summed E-state index contributed by atoms with van der Waals surface area (Å²) in [6.07, 6.45) is 25.1. The smallest absolute Gasteiger partial charge is 0.249 e. The molecule has 0 aromatic heterocycles. The Morgan fingerprint density at radius 1 is 0.706 bits per heavy atom. The van der Waals surface area contributed by atoms with Crippen molar-refractivity contribution in [1.82, 2.24) is 5.32 Å². The number of allylic oxidation sites excluding steroid dienone is 1. The van der Waals surface area contributed by atoms with E-state index in [2.05, 4.69) is 19.2 Å². The van der Waals surface area contributed by atoms with E-state index in [-0.39, 0.29) is 6.61 Å². The highest BCUT2D eigenvalue weighted by atomic mass is 16.3. The quantitative estimate of drug-likeness (QED) is 0.0871. The molecule has 1 amide bonds. The van der Waals surface area contributed by atoms with E-state index in [1.54, 1.807) is 6.08 Å². The van der Waals surface area contributed by atoms with Gasteiger partial charge in [0.25, 0.3) is 0 Å². The van der Waals surface area contributed by atoms with E-state index < -0.39 is 24.2 Å². The van der Waals surface area contributed by atoms with Gasteiger partial charge in [0, 0.05) is 0 Å². The highest BCUT2D eigenvalue weighted by molar-refractivity contribution is 5.80. The predicted molar refractivity (Wildman–Crippen MR) is 144 cm³/mol. The molecule has 5 heteroatoms. The Labute approximate surface area is 210 Å². The number of rotatable bonds is 25. The van der Waals surface area contributed by atoms with Crippen LogP contribution in [-0.4, -0.2) is 46.1 Å². The molecule has 4 N–H and O–H groups in total. The van der Waals surface area contributed by atoms with Gasteiger partial charge in [-0.15, -0.1) is 0 Å². The Bertz CT molecular complexity index is 469. The first-order valence-corrected chi connectivity index (χ1v) is 14.5. The van der Waals surface area contributed by atoms with Crippen LogP contribution in [0.25, 0.3) is 0 Å². The first kappa shape index (κ1) is 33.1. The number of amides is 1. The van der Waals surface area contributed by atoms with Gasteiger partial charge in [0.15, 0.2) is 0 Å². The molecule has 0 heterocycles. The van der Waals surface area contributed by atoms with Crippen LogP contribution in [0.2, 0.25) is 0 Å². The Morgan fingerprint density at radius 2 is 1.15 bits per heavy atom. The van der Waals surface area contributed by atoms with E-state index in [4.69, 9.17) is 0 Å². The van der Waals surface area contributed by atoms with Crippen molar-refractivity contribution in [3.63, 3.8) is 0 Å². The second-order valence-electron chi connectivity index (χ2n) is 9.97. The number of hydrogen-bond donors (Lipinski definition) is 4. The zero-order valence-corrected chi connectivity index (χ0v) is 22.5. The molecule has 0 aliphatic heterocycles. The molecule has 3 atom stereocenters. The van der Waals surface area contributed by atoms with Crippen LogP contribution in [0, 0.1) is 0 Å². The molecule has 0 spiro atoms. The third kappa shape index (κ3) is 20.5. The first-order chi connectivity index (χ1) is 16.6. The molecule has 5 nitrogen and oxygen atoms in total. The maximum Gasteiger partial charge on any atom is 0.249 e. The van der Waals surface area contributed by atoms with Crippen LogP contribution in [0.3, 0.4) is 0 Å². The molecular weight excluding hydrogens is 426 g/mol. The summed E-state index contributed by atoms with van der Waals surface area (Å²) in [5, 5.41) is 32.6. The van der Waals surface area contributed by atoms with Crippen LogP contribution in [-0.2, 0) is 4.79 Å². The summed E-state index contributed by atoms with van der Waals surface area (Å²) in [4.78, 5) is 12.2. The van der Waals surface area contributed by atoms with Gasteiger partial charge in [0.05, 0.1) is 18.8 Å². The van der Waals surface area contributed by atoms with Crippen LogP contribution < -0.4 is 5.32 Å². The Hall–Kier alpha value is -0.910. The minimum atomic E-state index is -1.09. The van der Waals surface area contributed by atoms with Gasteiger partial charge in [-0.3, -0.25) is 4.79 Å². The van der Waals surface area contributed by atoms with Gasteiger partial charge < -0.3 is 20.6 Å². The number of nitrogens with one attached hydrogen (secondary N) is 1. The number of aliphatic hydroxyl groups is 3. The number of unbranched alkanes of at least 4 members (excludes halogenated alkanes) is 17. The minimum Gasteiger partial charge on any atom is -0.394 e. The van der Waals surface area contributed by atoms with Crippen molar-refractivity contribution in [2.75, 3.05) is 6.61 Å². The van der Waals surface area contributed by atoms with Gasteiger partial charge in [-0.25, -0.2) is 0 Å². The van der Waals surface area contributed by atoms with Crippen molar-refractivity contribution in [3.8, 4) is 0 Å². The molecule has 0 bridgehead atoms. The largest absolute Gasteiger partial charge is 0.394 e. The highest BCUT2D eigenvalue weighted by Crippen LogP contribution is 2.13. The molecule has 0 saturated carbocycles. The molecule has 0 aliphatic rings. The van der Waals surface area contributed by atoms with Crippen molar-refractivity contribution in [1.29, 1.82) is 0 Å². The van der Waals surface area contributed by atoms with Crippen molar-refractivity contribution in [2.24, 2.45) is 0 Å². The summed E-state index contributed by atoms with van der Waals surface area (Å²) >= 11 is 0. The van der Waals surface area contributed by atoms with Crippen LogP contribution in [0.15, 0.2) is 12.2 Å². The summed E-state index contributed by atoms with van der Waals surface area (Å²) in [5.41, 5.74) is 0. The fraction of sp³-hybridized carbons (Fsp3) is 0.897. The summed E-state index contributed by atoms with van der Waals surface area (Å²) in [7, 11) is 0. The third-order valence-electron chi connectivity index (χ3n) is 6.63. The number of carbonyl (C=O) groups excluding carboxylic acids is 1. The molecule has 0 rings (SSSR count). The SMILES string of the molecule is CCCCCCCCCCCC/C=C/C(O)C(CO)NC(=O)C(O)CCCCCCCCCC. The number of carbonyl (C=O) groups is 1. The fourth-order valence-electron chi connectivity index (χ4n) is 4.24. The van der Waals surface area contributed by atoms with Gasteiger partial charge in [-0.05, 0) is 19.3 Å². The van der Waals surface area contributed by atoms with Crippen LogP contribution in [0.4, 0.5) is 0 Å². The maximum absolute atomic E-state index is 12.2. The van der Waals surface area contributed by atoms with Gasteiger partial charge in [-0.2, -0.15) is 0 Å². The molecule has 3 unspecified atom stereocenters. The van der Waals surface area contributed by atoms with Crippen LogP contribution in [0.5, 0.6) is 0 Å². The number of hydrogen-bond acceptors (Lipinski definition) is 4. The fourth-order valence-corrected chi connectivity index (χ4v) is 4.24. The van der Waals surface area contributed by atoms with E-state index in [1.807, 2.05) is 6.08 Å². The van der Waals surface area contributed by atoms with Crippen molar-refractivity contribution in [2.45, 2.75) is 161 Å². The van der Waals surface area contributed by atoms with Crippen molar-refractivity contribution in [3.05, 3.63) is 12.2 Å². The second kappa shape index (κ2) is 25.2. The molecule has 34 heavy (non-hydrogen) atoms. The van der Waals surface area contributed by atoms with Gasteiger partial charge in [0.1, 0.15) is 6.10 Å². The lowest BCUT2D eigenvalue weighted by Crippen LogP contribution is -2.48. The first-order valence-electron chi connectivity index (χ1n) is 14.5. The average molecular weight is 484 g/mol. The van der Waals surface area contributed by atoms with Crippen LogP contribution >= 0.6 is 0 Å². The zero-order valence-electron chi connectivity index (χ0n) is 22.5. The molecule has 0 saturated heterocycles. The summed E-state index contributed by atoms with van der Waals surface area (Å²) in [6, 6.07) is -0.787. The Morgan fingerprint density at radius 3 is 1.62 bits per heavy atom. The average Bonchev–Trinajstić information content (AvgIpc) is 2.84. The topological polar surface area (TPSA) is 89.8 Å². The predicted octanol–water partition coefficient (Wildman–Crippen LogP) is 6.58. The van der Waals surface area contributed by atoms with Gasteiger partial charge in [-0.1, -0.05) is 135 Å². The molecule has 0 fully saturated rings. The molecular formula is C29H57NO4. The summed E-state index contributed by atoms with van der Waals surface area (Å²) in [5.74, 6) is -0.510. The monoisotopic (exact) mass is 483 g/mol. The van der Waals surface area contributed by atoms with E-state index in [0.29, 0.717) is 6.42 Å². The molecule has 202 valence electrons. The zero-order chi connectivity index (χ0) is 25.3. The molecule has 0 aromatic carbocycles. The Kier molecular flexibility index (Phi) is 24.5. The third-order valence-corrected chi connectivity index (χ3v) is 6.63.